The lowest BCUT2D eigenvalue weighted by atomic mass is 10.1. The fourth-order valence-corrected chi connectivity index (χ4v) is 2.59. The molecule has 0 saturated heterocycles. The van der Waals surface area contributed by atoms with Crippen LogP contribution in [0.5, 0.6) is 17.2 Å². The first-order chi connectivity index (χ1) is 13.4. The first-order valence-corrected chi connectivity index (χ1v) is 9.22. The normalized spacial score (nSPS) is 10.6. The highest BCUT2D eigenvalue weighted by atomic mass is 19.1. The highest BCUT2D eigenvalue weighted by Crippen LogP contribution is 2.30. The Morgan fingerprint density at radius 2 is 2.00 bits per heavy atom. The number of rotatable bonds is 9. The Morgan fingerprint density at radius 3 is 2.71 bits per heavy atom. The summed E-state index contributed by atoms with van der Waals surface area (Å²) in [7, 11) is 1.56. The van der Waals surface area contributed by atoms with Crippen LogP contribution in [-0.2, 0) is 6.54 Å². The van der Waals surface area contributed by atoms with Crippen molar-refractivity contribution in [3.8, 4) is 17.2 Å². The van der Waals surface area contributed by atoms with Crippen LogP contribution in [0.4, 0.5) is 14.9 Å². The second kappa shape index (κ2) is 10.4. The maximum Gasteiger partial charge on any atom is 0.319 e. The van der Waals surface area contributed by atoms with Gasteiger partial charge in [0, 0.05) is 23.9 Å². The number of nitrogens with one attached hydrogen (secondary N) is 2. The number of urea groups is 1. The quantitative estimate of drug-likeness (QED) is 0.543. The zero-order valence-electron chi connectivity index (χ0n) is 16.4. The second-order valence-electron chi connectivity index (χ2n) is 6.81. The first-order valence-electron chi connectivity index (χ1n) is 9.22. The van der Waals surface area contributed by atoms with Gasteiger partial charge < -0.3 is 25.2 Å². The zero-order chi connectivity index (χ0) is 20.5. The van der Waals surface area contributed by atoms with E-state index in [1.165, 1.54) is 12.1 Å². The van der Waals surface area contributed by atoms with E-state index < -0.39 is 17.6 Å². The highest BCUT2D eigenvalue weighted by molar-refractivity contribution is 5.89. The molecule has 0 aliphatic rings. The number of carbonyl (C=O) groups excluding carboxylic acids is 1. The van der Waals surface area contributed by atoms with E-state index in [9.17, 15) is 14.3 Å². The number of amides is 2. The van der Waals surface area contributed by atoms with Crippen LogP contribution in [0.1, 0.15) is 32.3 Å². The molecule has 2 aromatic carbocycles. The Kier molecular flexibility index (Phi) is 7.92. The third-order valence-electron chi connectivity index (χ3n) is 4.11. The number of carbonyl (C=O) groups is 1. The van der Waals surface area contributed by atoms with Gasteiger partial charge in [0.15, 0.2) is 23.1 Å². The van der Waals surface area contributed by atoms with Crippen LogP contribution in [-0.4, -0.2) is 24.9 Å². The predicted molar refractivity (Wildman–Crippen MR) is 106 cm³/mol. The molecular weight excluding hydrogens is 363 g/mol. The van der Waals surface area contributed by atoms with Gasteiger partial charge in [0.1, 0.15) is 0 Å². The largest absolute Gasteiger partial charge is 0.505 e. The smallest absolute Gasteiger partial charge is 0.319 e. The Hall–Kier alpha value is -2.96. The van der Waals surface area contributed by atoms with Gasteiger partial charge >= 0.3 is 6.03 Å². The van der Waals surface area contributed by atoms with E-state index in [0.717, 1.165) is 18.9 Å². The fourth-order valence-electron chi connectivity index (χ4n) is 2.59. The minimum absolute atomic E-state index is 0.00978. The van der Waals surface area contributed by atoms with Crippen LogP contribution >= 0.6 is 0 Å². The molecular formula is C21H27FN2O4. The molecule has 2 amide bonds. The topological polar surface area (TPSA) is 79.8 Å². The molecule has 0 atom stereocenters. The van der Waals surface area contributed by atoms with Crippen molar-refractivity contribution in [3.63, 3.8) is 0 Å². The van der Waals surface area contributed by atoms with Gasteiger partial charge in [0.2, 0.25) is 0 Å². The Bertz CT molecular complexity index is 796. The molecule has 0 saturated carbocycles. The molecule has 28 heavy (non-hydrogen) atoms. The van der Waals surface area contributed by atoms with Crippen LogP contribution in [0.25, 0.3) is 0 Å². The van der Waals surface area contributed by atoms with Gasteiger partial charge in [0.25, 0.3) is 0 Å². The van der Waals surface area contributed by atoms with Gasteiger partial charge in [-0.1, -0.05) is 26.0 Å². The van der Waals surface area contributed by atoms with Crippen molar-refractivity contribution in [2.75, 3.05) is 19.0 Å². The number of hydrogen-bond acceptors (Lipinski definition) is 4. The molecule has 6 nitrogen and oxygen atoms in total. The Labute approximate surface area is 164 Å². The number of para-hydroxylation sites is 1. The summed E-state index contributed by atoms with van der Waals surface area (Å²) < 4.78 is 24.4. The molecule has 0 heterocycles. The summed E-state index contributed by atoms with van der Waals surface area (Å²) in [4.78, 5) is 12.1. The van der Waals surface area contributed by atoms with E-state index in [-0.39, 0.29) is 6.54 Å². The average Bonchev–Trinajstić information content (AvgIpc) is 2.66. The Balaban J connectivity index is 1.94. The molecule has 0 radical (unpaired) electrons. The minimum Gasteiger partial charge on any atom is -0.505 e. The summed E-state index contributed by atoms with van der Waals surface area (Å²) in [5, 5.41) is 14.9. The molecule has 0 bridgehead atoms. The van der Waals surface area contributed by atoms with E-state index >= 15 is 0 Å². The number of ether oxygens (including phenoxy) is 2. The molecule has 2 rings (SSSR count). The third-order valence-corrected chi connectivity index (χ3v) is 4.11. The van der Waals surface area contributed by atoms with Gasteiger partial charge in [-0.25, -0.2) is 9.18 Å². The maximum absolute atomic E-state index is 13.3. The van der Waals surface area contributed by atoms with Crippen molar-refractivity contribution >= 4 is 11.7 Å². The fraction of sp³-hybridized carbons (Fsp3) is 0.381. The van der Waals surface area contributed by atoms with Crippen LogP contribution in [0.2, 0.25) is 0 Å². The van der Waals surface area contributed by atoms with Crippen LogP contribution in [0, 0.1) is 11.7 Å². The monoisotopic (exact) mass is 390 g/mol. The number of hydrogen-bond donors (Lipinski definition) is 3. The van der Waals surface area contributed by atoms with Crippen molar-refractivity contribution in [1.29, 1.82) is 0 Å². The van der Waals surface area contributed by atoms with Crippen LogP contribution in [0.15, 0.2) is 36.4 Å². The van der Waals surface area contributed by atoms with E-state index in [2.05, 4.69) is 24.5 Å². The average molecular weight is 390 g/mol. The molecule has 0 aliphatic heterocycles. The first kappa shape index (κ1) is 21.3. The molecule has 0 fully saturated rings. The molecule has 2 aromatic rings. The van der Waals surface area contributed by atoms with Crippen LogP contribution in [0.3, 0.4) is 0 Å². The number of phenols is 1. The third kappa shape index (κ3) is 6.33. The molecule has 0 aromatic heterocycles. The maximum atomic E-state index is 13.3. The lowest BCUT2D eigenvalue weighted by Crippen LogP contribution is -2.28. The summed E-state index contributed by atoms with van der Waals surface area (Å²) >= 11 is 0. The lowest BCUT2D eigenvalue weighted by Gasteiger charge is -2.14. The number of aromatic hydroxyl groups is 1. The second-order valence-corrected chi connectivity index (χ2v) is 6.81. The number of benzene rings is 2. The van der Waals surface area contributed by atoms with Gasteiger partial charge in [-0.05, 0) is 37.0 Å². The summed E-state index contributed by atoms with van der Waals surface area (Å²) in [5.41, 5.74) is 0.819. The van der Waals surface area contributed by atoms with Crippen molar-refractivity contribution in [2.24, 2.45) is 5.92 Å². The highest BCUT2D eigenvalue weighted by Gasteiger charge is 2.10. The van der Waals surface area contributed by atoms with Gasteiger partial charge in [0.05, 0.1) is 13.7 Å². The van der Waals surface area contributed by atoms with E-state index in [1.54, 1.807) is 25.3 Å². The van der Waals surface area contributed by atoms with Crippen molar-refractivity contribution in [3.05, 3.63) is 47.8 Å². The lowest BCUT2D eigenvalue weighted by molar-refractivity contribution is 0.251. The predicted octanol–water partition coefficient (Wildman–Crippen LogP) is 4.68. The summed E-state index contributed by atoms with van der Waals surface area (Å²) in [5.74, 6) is 0.546. The van der Waals surface area contributed by atoms with Crippen molar-refractivity contribution in [1.82, 2.24) is 5.32 Å². The molecule has 0 spiro atoms. The number of halogens is 1. The summed E-state index contributed by atoms with van der Waals surface area (Å²) in [6.07, 6.45) is 1.99. The van der Waals surface area contributed by atoms with E-state index in [0.29, 0.717) is 35.3 Å². The summed E-state index contributed by atoms with van der Waals surface area (Å²) in [6, 6.07) is 8.77. The van der Waals surface area contributed by atoms with Crippen molar-refractivity contribution < 1.29 is 23.8 Å². The van der Waals surface area contributed by atoms with Gasteiger partial charge in [-0.3, -0.25) is 0 Å². The summed E-state index contributed by atoms with van der Waals surface area (Å²) in [6.45, 7) is 4.87. The Morgan fingerprint density at radius 1 is 1.21 bits per heavy atom. The zero-order valence-corrected chi connectivity index (χ0v) is 16.4. The van der Waals surface area contributed by atoms with E-state index in [4.69, 9.17) is 9.47 Å². The van der Waals surface area contributed by atoms with Crippen molar-refractivity contribution in [2.45, 2.75) is 33.2 Å². The number of phenolic OH excluding ortho intramolecular Hbond substituents is 1. The van der Waals surface area contributed by atoms with Gasteiger partial charge in [-0.2, -0.15) is 0 Å². The molecule has 0 unspecified atom stereocenters. The number of anilines is 1. The molecule has 7 heteroatoms. The minimum atomic E-state index is -0.728. The SMILES string of the molecule is COc1ccc(NC(=O)NCc2cccc(F)c2O)cc1OCCCC(C)C. The molecule has 0 aliphatic carbocycles. The van der Waals surface area contributed by atoms with Crippen LogP contribution < -0.4 is 20.1 Å². The van der Waals surface area contributed by atoms with E-state index in [1.807, 2.05) is 0 Å². The standard InChI is InChI=1S/C21H27FN2O4/c1-14(2)6-5-11-28-19-12-16(9-10-18(19)27-3)24-21(26)23-13-15-7-4-8-17(22)20(15)25/h4,7-10,12,14,25H,5-6,11,13H2,1-3H3,(H2,23,24,26). The molecule has 152 valence electrons. The van der Waals surface area contributed by atoms with Gasteiger partial charge in [-0.15, -0.1) is 0 Å². The number of methoxy groups -OCH3 is 1. The molecule has 3 N–H and O–H groups in total.